The molecule has 0 atom stereocenters. The summed E-state index contributed by atoms with van der Waals surface area (Å²) in [7, 11) is 1.52. The Morgan fingerprint density at radius 1 is 1.36 bits per heavy atom. The third-order valence-corrected chi connectivity index (χ3v) is 2.42. The van der Waals surface area contributed by atoms with Crippen LogP contribution in [0.15, 0.2) is 29.2 Å². The van der Waals surface area contributed by atoms with Crippen molar-refractivity contribution in [3.8, 4) is 5.75 Å². The molecule has 4 heteroatoms. The molecule has 2 aromatic rings. The Morgan fingerprint density at radius 3 is 2.86 bits per heavy atom. The number of benzene rings is 1. The van der Waals surface area contributed by atoms with Crippen molar-refractivity contribution in [3.63, 3.8) is 0 Å². The lowest BCUT2D eigenvalue weighted by Crippen LogP contribution is -2.01. The summed E-state index contributed by atoms with van der Waals surface area (Å²) >= 11 is 6.00. The van der Waals surface area contributed by atoms with Crippen molar-refractivity contribution in [2.75, 3.05) is 7.11 Å². The maximum absolute atomic E-state index is 11.5. The Bertz CT molecular complexity index is 533. The molecule has 3 nitrogen and oxygen atoms in total. The Labute approximate surface area is 85.3 Å². The first-order chi connectivity index (χ1) is 6.74. The average Bonchev–Trinajstić information content (AvgIpc) is 2.18. The topological polar surface area (TPSA) is 42.1 Å². The van der Waals surface area contributed by atoms with Crippen molar-refractivity contribution < 1.29 is 4.74 Å². The van der Waals surface area contributed by atoms with Crippen LogP contribution in [-0.2, 0) is 0 Å². The number of halogens is 1. The standard InChI is InChI=1S/C10H8ClNO2/c1-14-8-3-2-6-9(10(8)11)7(13)4-5-12-6/h2-5H,1H3,(H,12,13). The molecule has 0 fully saturated rings. The van der Waals surface area contributed by atoms with E-state index in [0.29, 0.717) is 21.7 Å². The van der Waals surface area contributed by atoms with Crippen LogP contribution in [0.25, 0.3) is 10.9 Å². The van der Waals surface area contributed by atoms with E-state index in [2.05, 4.69) is 4.98 Å². The lowest BCUT2D eigenvalue weighted by Gasteiger charge is -2.04. The summed E-state index contributed by atoms with van der Waals surface area (Å²) in [5, 5.41) is 0.820. The fraction of sp³-hybridized carbons (Fsp3) is 0.100. The van der Waals surface area contributed by atoms with Gasteiger partial charge in [0.2, 0.25) is 0 Å². The van der Waals surface area contributed by atoms with Crippen LogP contribution in [0.1, 0.15) is 0 Å². The molecule has 0 radical (unpaired) electrons. The second-order valence-electron chi connectivity index (χ2n) is 2.85. The zero-order chi connectivity index (χ0) is 10.1. The average molecular weight is 210 g/mol. The van der Waals surface area contributed by atoms with E-state index in [1.54, 1.807) is 18.3 Å². The van der Waals surface area contributed by atoms with Crippen molar-refractivity contribution in [3.05, 3.63) is 39.6 Å². The Kier molecular flexibility index (Phi) is 2.17. The molecule has 0 amide bonds. The summed E-state index contributed by atoms with van der Waals surface area (Å²) in [4.78, 5) is 14.5. The summed E-state index contributed by atoms with van der Waals surface area (Å²) < 4.78 is 5.02. The van der Waals surface area contributed by atoms with Gasteiger partial charge in [-0.2, -0.15) is 0 Å². The van der Waals surface area contributed by atoms with Crippen molar-refractivity contribution >= 4 is 22.5 Å². The van der Waals surface area contributed by atoms with Gasteiger partial charge >= 0.3 is 0 Å². The van der Waals surface area contributed by atoms with Crippen LogP contribution >= 0.6 is 11.6 Å². The molecule has 0 saturated carbocycles. The molecule has 0 bridgehead atoms. The van der Waals surface area contributed by atoms with Crippen molar-refractivity contribution in [2.24, 2.45) is 0 Å². The fourth-order valence-electron chi connectivity index (χ4n) is 1.37. The minimum atomic E-state index is -0.109. The first-order valence-corrected chi connectivity index (χ1v) is 4.45. The molecular formula is C10H8ClNO2. The number of ether oxygens (including phenoxy) is 1. The molecule has 1 aromatic carbocycles. The molecule has 1 heterocycles. The number of H-pyrrole nitrogens is 1. The quantitative estimate of drug-likeness (QED) is 0.782. The molecule has 0 unspecified atom stereocenters. The molecule has 1 aromatic heterocycles. The van der Waals surface area contributed by atoms with Gasteiger partial charge in [0.15, 0.2) is 5.43 Å². The second-order valence-corrected chi connectivity index (χ2v) is 3.22. The Hall–Kier alpha value is -1.48. The van der Waals surface area contributed by atoms with E-state index < -0.39 is 0 Å². The van der Waals surface area contributed by atoms with Gasteiger partial charge in [-0.3, -0.25) is 4.79 Å². The normalized spacial score (nSPS) is 10.4. The highest BCUT2D eigenvalue weighted by atomic mass is 35.5. The van der Waals surface area contributed by atoms with Crippen LogP contribution < -0.4 is 10.2 Å². The van der Waals surface area contributed by atoms with E-state index in [1.807, 2.05) is 0 Å². The number of pyridine rings is 1. The van der Waals surface area contributed by atoms with Crippen molar-refractivity contribution in [1.29, 1.82) is 0 Å². The highest BCUT2D eigenvalue weighted by Crippen LogP contribution is 2.29. The minimum Gasteiger partial charge on any atom is -0.495 e. The van der Waals surface area contributed by atoms with Gasteiger partial charge in [-0.25, -0.2) is 0 Å². The molecular weight excluding hydrogens is 202 g/mol. The van der Waals surface area contributed by atoms with Crippen LogP contribution in [0.5, 0.6) is 5.75 Å². The van der Waals surface area contributed by atoms with Crippen LogP contribution in [-0.4, -0.2) is 12.1 Å². The van der Waals surface area contributed by atoms with E-state index in [1.165, 1.54) is 13.2 Å². The predicted molar refractivity (Wildman–Crippen MR) is 56.1 cm³/mol. The smallest absolute Gasteiger partial charge is 0.191 e. The summed E-state index contributed by atoms with van der Waals surface area (Å²) in [6.07, 6.45) is 1.59. The molecule has 1 N–H and O–H groups in total. The lowest BCUT2D eigenvalue weighted by molar-refractivity contribution is 0.415. The van der Waals surface area contributed by atoms with Crippen molar-refractivity contribution in [1.82, 2.24) is 4.98 Å². The zero-order valence-electron chi connectivity index (χ0n) is 7.50. The molecule has 0 aliphatic rings. The summed E-state index contributed by atoms with van der Waals surface area (Å²) in [6.45, 7) is 0. The monoisotopic (exact) mass is 209 g/mol. The van der Waals surface area contributed by atoms with Crippen LogP contribution in [0, 0.1) is 0 Å². The molecule has 72 valence electrons. The first kappa shape index (κ1) is 9.09. The number of fused-ring (bicyclic) bond motifs is 1. The third kappa shape index (κ3) is 1.26. The number of hydrogen-bond donors (Lipinski definition) is 1. The highest BCUT2D eigenvalue weighted by molar-refractivity contribution is 6.36. The van der Waals surface area contributed by atoms with Gasteiger partial charge < -0.3 is 9.72 Å². The number of aromatic amines is 1. The molecule has 14 heavy (non-hydrogen) atoms. The van der Waals surface area contributed by atoms with Crippen LogP contribution in [0.2, 0.25) is 5.02 Å². The maximum Gasteiger partial charge on any atom is 0.191 e. The van der Waals surface area contributed by atoms with Gasteiger partial charge in [-0.15, -0.1) is 0 Å². The minimum absolute atomic E-state index is 0.109. The first-order valence-electron chi connectivity index (χ1n) is 4.08. The zero-order valence-corrected chi connectivity index (χ0v) is 8.26. The van der Waals surface area contributed by atoms with Gasteiger partial charge in [-0.1, -0.05) is 11.6 Å². The van der Waals surface area contributed by atoms with E-state index >= 15 is 0 Å². The van der Waals surface area contributed by atoms with Gasteiger partial charge in [-0.05, 0) is 12.1 Å². The van der Waals surface area contributed by atoms with E-state index in [9.17, 15) is 4.79 Å². The van der Waals surface area contributed by atoms with Gasteiger partial charge in [0.05, 0.1) is 23.0 Å². The molecule has 2 rings (SSSR count). The SMILES string of the molecule is COc1ccc2[nH]ccc(=O)c2c1Cl. The molecule has 0 spiro atoms. The van der Waals surface area contributed by atoms with E-state index in [-0.39, 0.29) is 5.43 Å². The number of methoxy groups -OCH3 is 1. The summed E-state index contributed by atoms with van der Waals surface area (Å²) in [5.41, 5.74) is 0.603. The summed E-state index contributed by atoms with van der Waals surface area (Å²) in [6, 6.07) is 4.93. The predicted octanol–water partition coefficient (Wildman–Crippen LogP) is 2.19. The third-order valence-electron chi connectivity index (χ3n) is 2.05. The Morgan fingerprint density at radius 2 is 2.14 bits per heavy atom. The molecule has 0 aliphatic heterocycles. The van der Waals surface area contributed by atoms with Gasteiger partial charge in [0.25, 0.3) is 0 Å². The number of hydrogen-bond acceptors (Lipinski definition) is 2. The number of nitrogens with one attached hydrogen (secondary N) is 1. The highest BCUT2D eigenvalue weighted by Gasteiger charge is 2.08. The largest absolute Gasteiger partial charge is 0.495 e. The maximum atomic E-state index is 11.5. The van der Waals surface area contributed by atoms with Gasteiger partial charge in [0, 0.05) is 12.3 Å². The lowest BCUT2D eigenvalue weighted by atomic mass is 10.2. The molecule has 0 saturated heterocycles. The van der Waals surface area contributed by atoms with Crippen molar-refractivity contribution in [2.45, 2.75) is 0 Å². The molecule has 0 aliphatic carbocycles. The number of rotatable bonds is 1. The van der Waals surface area contributed by atoms with E-state index in [0.717, 1.165) is 0 Å². The van der Waals surface area contributed by atoms with E-state index in [4.69, 9.17) is 16.3 Å². The number of aromatic nitrogens is 1. The summed E-state index contributed by atoms with van der Waals surface area (Å²) in [5.74, 6) is 0.510. The fourth-order valence-corrected chi connectivity index (χ4v) is 1.70. The van der Waals surface area contributed by atoms with Gasteiger partial charge in [0.1, 0.15) is 5.75 Å². The second kappa shape index (κ2) is 3.35. The Balaban J connectivity index is 2.94. The van der Waals surface area contributed by atoms with Crippen LogP contribution in [0.3, 0.4) is 0 Å². The van der Waals surface area contributed by atoms with Crippen LogP contribution in [0.4, 0.5) is 0 Å².